The van der Waals surface area contributed by atoms with E-state index in [9.17, 15) is 4.39 Å². The monoisotopic (exact) mass is 285 g/mol. The summed E-state index contributed by atoms with van der Waals surface area (Å²) in [6.07, 6.45) is 5.32. The van der Waals surface area contributed by atoms with Crippen molar-refractivity contribution in [1.82, 2.24) is 5.32 Å². The molecule has 0 aliphatic heterocycles. The van der Waals surface area contributed by atoms with Crippen LogP contribution in [0.2, 0.25) is 5.02 Å². The molecule has 1 atom stereocenters. The first-order valence-corrected chi connectivity index (χ1v) is 7.61. The summed E-state index contributed by atoms with van der Waals surface area (Å²) in [5.41, 5.74) is 0.640. The number of rotatable bonds is 8. The molecule has 0 amide bonds. The molecule has 19 heavy (non-hydrogen) atoms. The lowest BCUT2D eigenvalue weighted by Gasteiger charge is -2.27. The maximum absolute atomic E-state index is 13.9. The zero-order chi connectivity index (χ0) is 14.3. The van der Waals surface area contributed by atoms with E-state index in [1.54, 1.807) is 12.1 Å². The molecular formula is C16H25ClFN. The van der Waals surface area contributed by atoms with E-state index >= 15 is 0 Å². The highest BCUT2D eigenvalue weighted by Crippen LogP contribution is 2.25. The molecule has 1 nitrogen and oxygen atoms in total. The topological polar surface area (TPSA) is 12.0 Å². The standard InChI is InChI=1S/C16H25ClFN/c1-4-7-12(8-5-2)16(19-3)11-13-14(17)9-6-10-15(13)18/h6,9-10,12,16,19H,4-5,7-8,11H2,1-3H3. The predicted molar refractivity (Wildman–Crippen MR) is 81.3 cm³/mol. The molecule has 0 saturated carbocycles. The molecule has 108 valence electrons. The largest absolute Gasteiger partial charge is 0.316 e. The second-order valence-corrected chi connectivity index (χ2v) is 5.54. The summed E-state index contributed by atoms with van der Waals surface area (Å²) in [5.74, 6) is 0.384. The first-order valence-electron chi connectivity index (χ1n) is 7.24. The van der Waals surface area contributed by atoms with Crippen LogP contribution in [0.5, 0.6) is 0 Å². The number of hydrogen-bond donors (Lipinski definition) is 1. The molecule has 0 saturated heterocycles. The van der Waals surface area contributed by atoms with Crippen molar-refractivity contribution in [1.29, 1.82) is 0 Å². The highest BCUT2D eigenvalue weighted by atomic mass is 35.5. The summed E-state index contributed by atoms with van der Waals surface area (Å²) in [7, 11) is 1.96. The first-order chi connectivity index (χ1) is 9.13. The summed E-state index contributed by atoms with van der Waals surface area (Å²) in [4.78, 5) is 0. The second kappa shape index (κ2) is 8.55. The van der Waals surface area contributed by atoms with E-state index in [1.807, 2.05) is 7.05 Å². The Bertz CT molecular complexity index is 355. The fourth-order valence-corrected chi connectivity index (χ4v) is 2.98. The Morgan fingerprint density at radius 3 is 2.32 bits per heavy atom. The van der Waals surface area contributed by atoms with E-state index in [1.165, 1.54) is 18.9 Å². The quantitative estimate of drug-likeness (QED) is 0.722. The third-order valence-corrected chi connectivity index (χ3v) is 4.10. The van der Waals surface area contributed by atoms with Crippen LogP contribution >= 0.6 is 11.6 Å². The lowest BCUT2D eigenvalue weighted by atomic mass is 9.86. The molecule has 3 heteroatoms. The van der Waals surface area contributed by atoms with Crippen LogP contribution in [0.3, 0.4) is 0 Å². The average Bonchev–Trinajstić information content (AvgIpc) is 2.38. The number of halogens is 2. The molecule has 1 aromatic carbocycles. The Morgan fingerprint density at radius 2 is 1.84 bits per heavy atom. The van der Waals surface area contributed by atoms with Gasteiger partial charge in [0.2, 0.25) is 0 Å². The van der Waals surface area contributed by atoms with Gasteiger partial charge < -0.3 is 5.32 Å². The van der Waals surface area contributed by atoms with E-state index in [-0.39, 0.29) is 11.9 Å². The van der Waals surface area contributed by atoms with Gasteiger partial charge in [-0.3, -0.25) is 0 Å². The van der Waals surface area contributed by atoms with Crippen molar-refractivity contribution < 1.29 is 4.39 Å². The molecule has 0 aliphatic carbocycles. The molecule has 1 N–H and O–H groups in total. The molecule has 0 aliphatic rings. The van der Waals surface area contributed by atoms with Crippen molar-refractivity contribution in [2.24, 2.45) is 5.92 Å². The zero-order valence-corrected chi connectivity index (χ0v) is 12.9. The smallest absolute Gasteiger partial charge is 0.127 e. The van der Waals surface area contributed by atoms with Crippen molar-refractivity contribution in [3.63, 3.8) is 0 Å². The SMILES string of the molecule is CCCC(CCC)C(Cc1c(F)cccc1Cl)NC. The molecule has 0 radical (unpaired) electrons. The predicted octanol–water partition coefficient (Wildman–Crippen LogP) is 4.83. The van der Waals surface area contributed by atoms with Crippen LogP contribution in [0, 0.1) is 11.7 Å². The van der Waals surface area contributed by atoms with Crippen LogP contribution in [0.25, 0.3) is 0 Å². The minimum absolute atomic E-state index is 0.195. The Labute approximate surface area is 121 Å². The van der Waals surface area contributed by atoms with Gasteiger partial charge in [0.1, 0.15) is 5.82 Å². The summed E-state index contributed by atoms with van der Waals surface area (Å²) in [6.45, 7) is 4.40. The van der Waals surface area contributed by atoms with Gasteiger partial charge in [0.25, 0.3) is 0 Å². The normalized spacial score (nSPS) is 12.9. The van der Waals surface area contributed by atoms with E-state index in [4.69, 9.17) is 11.6 Å². The fraction of sp³-hybridized carbons (Fsp3) is 0.625. The summed E-state index contributed by atoms with van der Waals surface area (Å²) in [6, 6.07) is 5.20. The molecule has 0 aromatic heterocycles. The highest BCUT2D eigenvalue weighted by molar-refractivity contribution is 6.31. The van der Waals surface area contributed by atoms with E-state index in [2.05, 4.69) is 19.2 Å². The van der Waals surface area contributed by atoms with Gasteiger partial charge in [-0.15, -0.1) is 0 Å². The van der Waals surface area contributed by atoms with Crippen LogP contribution in [-0.2, 0) is 6.42 Å². The molecule has 1 unspecified atom stereocenters. The van der Waals surface area contributed by atoms with Crippen molar-refractivity contribution in [2.45, 2.75) is 52.0 Å². The summed E-state index contributed by atoms with van der Waals surface area (Å²) in [5, 5.41) is 3.88. The summed E-state index contributed by atoms with van der Waals surface area (Å²) < 4.78 is 13.9. The van der Waals surface area contributed by atoms with E-state index in [0.29, 0.717) is 22.9 Å². The van der Waals surface area contributed by atoms with Gasteiger partial charge in [-0.2, -0.15) is 0 Å². The van der Waals surface area contributed by atoms with Crippen molar-refractivity contribution in [2.75, 3.05) is 7.05 Å². The van der Waals surface area contributed by atoms with Crippen LogP contribution in [0.15, 0.2) is 18.2 Å². The number of benzene rings is 1. The third kappa shape index (κ3) is 4.77. The minimum atomic E-state index is -0.195. The zero-order valence-electron chi connectivity index (χ0n) is 12.2. The van der Waals surface area contributed by atoms with Gasteiger partial charge in [0.15, 0.2) is 0 Å². The van der Waals surface area contributed by atoms with Crippen LogP contribution in [0.4, 0.5) is 4.39 Å². The highest BCUT2D eigenvalue weighted by Gasteiger charge is 2.21. The molecule has 0 heterocycles. The van der Waals surface area contributed by atoms with Crippen LogP contribution in [0.1, 0.15) is 45.1 Å². The summed E-state index contributed by atoms with van der Waals surface area (Å²) >= 11 is 6.12. The van der Waals surface area contributed by atoms with Crippen molar-refractivity contribution >= 4 is 11.6 Å². The van der Waals surface area contributed by atoms with Crippen LogP contribution < -0.4 is 5.32 Å². The maximum Gasteiger partial charge on any atom is 0.127 e. The number of likely N-dealkylation sites (N-methyl/N-ethyl adjacent to an activating group) is 1. The Kier molecular flexibility index (Phi) is 7.40. The van der Waals surface area contributed by atoms with E-state index < -0.39 is 0 Å². The van der Waals surface area contributed by atoms with Gasteiger partial charge in [0.05, 0.1) is 0 Å². The first kappa shape index (κ1) is 16.5. The third-order valence-electron chi connectivity index (χ3n) is 3.74. The van der Waals surface area contributed by atoms with E-state index in [0.717, 1.165) is 12.8 Å². The molecule has 1 rings (SSSR count). The van der Waals surface area contributed by atoms with Gasteiger partial charge in [-0.05, 0) is 44.4 Å². The van der Waals surface area contributed by atoms with Gasteiger partial charge in [0, 0.05) is 16.6 Å². The molecule has 0 spiro atoms. The Balaban J connectivity index is 2.85. The van der Waals surface area contributed by atoms with Crippen LogP contribution in [-0.4, -0.2) is 13.1 Å². The molecular weight excluding hydrogens is 261 g/mol. The Hall–Kier alpha value is -0.600. The fourth-order valence-electron chi connectivity index (χ4n) is 2.74. The van der Waals surface area contributed by atoms with Gasteiger partial charge >= 0.3 is 0 Å². The Morgan fingerprint density at radius 1 is 1.21 bits per heavy atom. The van der Waals surface area contributed by atoms with Gasteiger partial charge in [-0.1, -0.05) is 44.4 Å². The van der Waals surface area contributed by atoms with Gasteiger partial charge in [-0.25, -0.2) is 4.39 Å². The minimum Gasteiger partial charge on any atom is -0.316 e. The maximum atomic E-state index is 13.9. The second-order valence-electron chi connectivity index (χ2n) is 5.14. The molecule has 0 fully saturated rings. The van der Waals surface area contributed by atoms with Crippen molar-refractivity contribution in [3.8, 4) is 0 Å². The molecule has 1 aromatic rings. The molecule has 0 bridgehead atoms. The van der Waals surface area contributed by atoms with Crippen molar-refractivity contribution in [3.05, 3.63) is 34.6 Å². The number of nitrogens with one attached hydrogen (secondary N) is 1. The lowest BCUT2D eigenvalue weighted by Crippen LogP contribution is -2.36. The lowest BCUT2D eigenvalue weighted by molar-refractivity contribution is 0.320. The average molecular weight is 286 g/mol. The number of hydrogen-bond acceptors (Lipinski definition) is 1.